The lowest BCUT2D eigenvalue weighted by atomic mass is 9.86. The van der Waals surface area contributed by atoms with E-state index < -0.39 is 0 Å². The normalized spacial score (nSPS) is 24.9. The lowest BCUT2D eigenvalue weighted by Crippen LogP contribution is -2.33. The molecule has 2 unspecified atom stereocenters. The van der Waals surface area contributed by atoms with Gasteiger partial charge in [-0.05, 0) is 24.8 Å². The molecule has 2 rings (SSSR count). The van der Waals surface area contributed by atoms with Crippen LogP contribution in [0.4, 0.5) is 0 Å². The first-order chi connectivity index (χ1) is 7.88. The minimum atomic E-state index is 0.488. The van der Waals surface area contributed by atoms with Gasteiger partial charge in [-0.25, -0.2) is 0 Å². The Balaban J connectivity index is 1.80. The molecule has 0 radical (unpaired) electrons. The van der Waals surface area contributed by atoms with Crippen molar-refractivity contribution in [1.29, 1.82) is 0 Å². The standard InChI is InChI=1S/C15H19N/c1-2-13-9-6-10-15(11-13)16-12-14-7-4-3-5-8-14/h1,3-5,7-8,13,15-16H,6,9-12H2. The van der Waals surface area contributed by atoms with Crippen LogP contribution in [0.2, 0.25) is 0 Å². The van der Waals surface area contributed by atoms with Gasteiger partial charge in [0.2, 0.25) is 0 Å². The summed E-state index contributed by atoms with van der Waals surface area (Å²) in [5.74, 6) is 3.38. The molecule has 0 bridgehead atoms. The third-order valence-corrected chi connectivity index (χ3v) is 3.35. The van der Waals surface area contributed by atoms with Crippen LogP contribution in [-0.2, 0) is 6.54 Å². The van der Waals surface area contributed by atoms with Crippen molar-refractivity contribution in [2.24, 2.45) is 5.92 Å². The average molecular weight is 213 g/mol. The van der Waals surface area contributed by atoms with Gasteiger partial charge in [-0.3, -0.25) is 0 Å². The summed E-state index contributed by atoms with van der Waals surface area (Å²) in [5.41, 5.74) is 1.35. The van der Waals surface area contributed by atoms with E-state index in [1.165, 1.54) is 24.8 Å². The van der Waals surface area contributed by atoms with Crippen molar-refractivity contribution in [3.8, 4) is 12.3 Å². The van der Waals surface area contributed by atoms with Crippen LogP contribution < -0.4 is 5.32 Å². The monoisotopic (exact) mass is 213 g/mol. The zero-order valence-corrected chi connectivity index (χ0v) is 9.65. The first kappa shape index (κ1) is 11.2. The third kappa shape index (κ3) is 3.12. The number of benzene rings is 1. The number of hydrogen-bond donors (Lipinski definition) is 1. The fourth-order valence-electron chi connectivity index (χ4n) is 2.38. The molecule has 0 aliphatic heterocycles. The fraction of sp³-hybridized carbons (Fsp3) is 0.467. The quantitative estimate of drug-likeness (QED) is 0.761. The molecule has 2 atom stereocenters. The minimum absolute atomic E-state index is 0.488. The first-order valence-electron chi connectivity index (χ1n) is 6.12. The van der Waals surface area contributed by atoms with Crippen LogP contribution >= 0.6 is 0 Å². The molecule has 0 saturated heterocycles. The summed E-state index contributed by atoms with van der Waals surface area (Å²) in [4.78, 5) is 0. The van der Waals surface area contributed by atoms with E-state index in [9.17, 15) is 0 Å². The summed E-state index contributed by atoms with van der Waals surface area (Å²) >= 11 is 0. The van der Waals surface area contributed by atoms with Crippen molar-refractivity contribution >= 4 is 0 Å². The zero-order chi connectivity index (χ0) is 11.2. The molecule has 16 heavy (non-hydrogen) atoms. The molecule has 1 saturated carbocycles. The van der Waals surface area contributed by atoms with Crippen molar-refractivity contribution in [2.75, 3.05) is 0 Å². The maximum Gasteiger partial charge on any atom is 0.0215 e. The smallest absolute Gasteiger partial charge is 0.0215 e. The highest BCUT2D eigenvalue weighted by molar-refractivity contribution is 5.14. The molecule has 0 spiro atoms. The lowest BCUT2D eigenvalue weighted by molar-refractivity contribution is 0.328. The molecule has 1 fully saturated rings. The van der Waals surface area contributed by atoms with Crippen molar-refractivity contribution in [3.63, 3.8) is 0 Å². The highest BCUT2D eigenvalue weighted by Crippen LogP contribution is 2.23. The maximum absolute atomic E-state index is 5.49. The Morgan fingerprint density at radius 3 is 2.81 bits per heavy atom. The first-order valence-corrected chi connectivity index (χ1v) is 6.12. The van der Waals surface area contributed by atoms with Crippen LogP contribution in [0.3, 0.4) is 0 Å². The number of nitrogens with one attached hydrogen (secondary N) is 1. The minimum Gasteiger partial charge on any atom is -0.310 e. The number of hydrogen-bond acceptors (Lipinski definition) is 1. The van der Waals surface area contributed by atoms with E-state index in [1.807, 2.05) is 0 Å². The Hall–Kier alpha value is -1.26. The molecule has 1 aromatic rings. The van der Waals surface area contributed by atoms with Gasteiger partial charge in [0, 0.05) is 18.5 Å². The van der Waals surface area contributed by atoms with Gasteiger partial charge in [0.1, 0.15) is 0 Å². The van der Waals surface area contributed by atoms with Crippen LogP contribution in [0, 0.1) is 18.3 Å². The lowest BCUT2D eigenvalue weighted by Gasteiger charge is -2.27. The van der Waals surface area contributed by atoms with E-state index in [1.54, 1.807) is 0 Å². The van der Waals surface area contributed by atoms with Crippen LogP contribution in [-0.4, -0.2) is 6.04 Å². The SMILES string of the molecule is C#CC1CCCC(NCc2ccccc2)C1. The second kappa shape index (κ2) is 5.72. The Bertz CT molecular complexity index is 349. The Kier molecular flexibility index (Phi) is 4.02. The molecule has 0 aromatic heterocycles. The van der Waals surface area contributed by atoms with Crippen molar-refractivity contribution in [3.05, 3.63) is 35.9 Å². The molecule has 1 aliphatic rings. The predicted octanol–water partition coefficient (Wildman–Crippen LogP) is 2.97. The van der Waals surface area contributed by atoms with Gasteiger partial charge >= 0.3 is 0 Å². The summed E-state index contributed by atoms with van der Waals surface area (Å²) in [5, 5.41) is 3.61. The molecular weight excluding hydrogens is 194 g/mol. The van der Waals surface area contributed by atoms with Gasteiger partial charge < -0.3 is 5.32 Å². The maximum atomic E-state index is 5.49. The molecular formula is C15H19N. The fourth-order valence-corrected chi connectivity index (χ4v) is 2.38. The highest BCUT2D eigenvalue weighted by Gasteiger charge is 2.19. The summed E-state index contributed by atoms with van der Waals surface area (Å²) in [6.07, 6.45) is 10.4. The Morgan fingerprint density at radius 1 is 1.25 bits per heavy atom. The molecule has 1 aliphatic carbocycles. The van der Waals surface area contributed by atoms with Gasteiger partial charge in [-0.2, -0.15) is 0 Å². The van der Waals surface area contributed by atoms with Gasteiger partial charge in [0.15, 0.2) is 0 Å². The molecule has 1 heteroatoms. The summed E-state index contributed by atoms with van der Waals surface area (Å²) < 4.78 is 0. The molecule has 1 aromatic carbocycles. The number of terminal acetylenes is 1. The molecule has 1 nitrogen and oxygen atoms in total. The summed E-state index contributed by atoms with van der Waals surface area (Å²) in [6, 6.07) is 11.2. The van der Waals surface area contributed by atoms with Crippen LogP contribution in [0.25, 0.3) is 0 Å². The van der Waals surface area contributed by atoms with E-state index in [0.29, 0.717) is 12.0 Å². The Morgan fingerprint density at radius 2 is 2.06 bits per heavy atom. The van der Waals surface area contributed by atoms with E-state index in [-0.39, 0.29) is 0 Å². The third-order valence-electron chi connectivity index (χ3n) is 3.35. The van der Waals surface area contributed by atoms with E-state index in [0.717, 1.165) is 13.0 Å². The molecule has 0 heterocycles. The summed E-state index contributed by atoms with van der Waals surface area (Å²) in [7, 11) is 0. The van der Waals surface area contributed by atoms with Gasteiger partial charge in [0.05, 0.1) is 0 Å². The summed E-state index contributed by atoms with van der Waals surface area (Å²) in [6.45, 7) is 0.961. The van der Waals surface area contributed by atoms with Crippen molar-refractivity contribution in [2.45, 2.75) is 38.3 Å². The van der Waals surface area contributed by atoms with Crippen LogP contribution in [0.1, 0.15) is 31.2 Å². The van der Waals surface area contributed by atoms with Gasteiger partial charge in [0.25, 0.3) is 0 Å². The second-order valence-corrected chi connectivity index (χ2v) is 4.59. The Labute approximate surface area is 98.3 Å². The number of rotatable bonds is 3. The van der Waals surface area contributed by atoms with Crippen molar-refractivity contribution < 1.29 is 0 Å². The largest absolute Gasteiger partial charge is 0.310 e. The van der Waals surface area contributed by atoms with E-state index in [4.69, 9.17) is 6.42 Å². The van der Waals surface area contributed by atoms with E-state index >= 15 is 0 Å². The van der Waals surface area contributed by atoms with Crippen LogP contribution in [0.15, 0.2) is 30.3 Å². The van der Waals surface area contributed by atoms with Gasteiger partial charge in [-0.1, -0.05) is 36.8 Å². The zero-order valence-electron chi connectivity index (χ0n) is 9.65. The molecule has 0 amide bonds. The average Bonchev–Trinajstić information content (AvgIpc) is 2.38. The van der Waals surface area contributed by atoms with Gasteiger partial charge in [-0.15, -0.1) is 12.3 Å². The molecule has 1 N–H and O–H groups in total. The molecule has 84 valence electrons. The van der Waals surface area contributed by atoms with Crippen LogP contribution in [0.5, 0.6) is 0 Å². The highest BCUT2D eigenvalue weighted by atomic mass is 14.9. The van der Waals surface area contributed by atoms with Crippen molar-refractivity contribution in [1.82, 2.24) is 5.32 Å². The van der Waals surface area contributed by atoms with E-state index in [2.05, 4.69) is 41.6 Å². The predicted molar refractivity (Wildman–Crippen MR) is 67.9 cm³/mol. The topological polar surface area (TPSA) is 12.0 Å². The second-order valence-electron chi connectivity index (χ2n) is 4.59.